The zero-order valence-corrected chi connectivity index (χ0v) is 19.3. The van der Waals surface area contributed by atoms with Crippen LogP contribution in [0.15, 0.2) is 59.8 Å². The molecule has 4 rings (SSSR count). The topological polar surface area (TPSA) is 53.6 Å². The second-order valence-corrected chi connectivity index (χ2v) is 9.24. The van der Waals surface area contributed by atoms with Crippen molar-refractivity contribution >= 4 is 34.5 Å². The molecule has 1 aliphatic carbocycles. The third-order valence-electron chi connectivity index (χ3n) is 5.88. The van der Waals surface area contributed by atoms with Gasteiger partial charge in [-0.25, -0.2) is 0 Å². The van der Waals surface area contributed by atoms with E-state index in [2.05, 4.69) is 35.4 Å². The molecule has 0 fully saturated rings. The maximum Gasteiger partial charge on any atom is 0.174 e. The zero-order valence-electron chi connectivity index (χ0n) is 18.5. The Balaban J connectivity index is 1.97. The number of fused-ring (bicyclic) bond motifs is 1. The van der Waals surface area contributed by atoms with E-state index in [4.69, 9.17) is 17.0 Å². The summed E-state index contributed by atoms with van der Waals surface area (Å²) in [6.45, 7) is 7.02. The summed E-state index contributed by atoms with van der Waals surface area (Å²) < 4.78 is 5.36. The minimum absolute atomic E-state index is 0.0976. The fourth-order valence-electron chi connectivity index (χ4n) is 4.55. The molecule has 0 amide bonds. The van der Waals surface area contributed by atoms with Crippen LogP contribution < -0.4 is 20.3 Å². The van der Waals surface area contributed by atoms with Crippen molar-refractivity contribution in [3.05, 3.63) is 65.4 Å². The molecule has 5 nitrogen and oxygen atoms in total. The molecular weight excluding hydrogens is 406 g/mol. The number of methoxy groups -OCH3 is 1. The monoisotopic (exact) mass is 435 g/mol. The van der Waals surface area contributed by atoms with E-state index >= 15 is 0 Å². The number of hydrogen-bond donors (Lipinski definition) is 2. The summed E-state index contributed by atoms with van der Waals surface area (Å²) in [5.41, 5.74) is 4.59. The van der Waals surface area contributed by atoms with Gasteiger partial charge < -0.3 is 20.3 Å². The smallest absolute Gasteiger partial charge is 0.174 e. The lowest BCUT2D eigenvalue weighted by Gasteiger charge is -2.38. The van der Waals surface area contributed by atoms with Gasteiger partial charge in [-0.1, -0.05) is 38.1 Å². The number of hydrogen-bond acceptors (Lipinski definition) is 4. The van der Waals surface area contributed by atoms with Crippen molar-refractivity contribution < 1.29 is 9.53 Å². The van der Waals surface area contributed by atoms with Crippen molar-refractivity contribution in [2.24, 2.45) is 5.41 Å². The van der Waals surface area contributed by atoms with E-state index in [0.717, 1.165) is 40.4 Å². The Bertz CT molecular complexity index is 1040. The zero-order chi connectivity index (χ0) is 22.2. The number of ether oxygens (including phenoxy) is 1. The van der Waals surface area contributed by atoms with Gasteiger partial charge in [0.1, 0.15) is 5.75 Å². The number of para-hydroxylation sites is 2. The molecule has 1 atom stereocenters. The molecule has 0 spiro atoms. The summed E-state index contributed by atoms with van der Waals surface area (Å²) in [6.07, 6.45) is 1.31. The van der Waals surface area contributed by atoms with Crippen molar-refractivity contribution in [2.45, 2.75) is 39.7 Å². The van der Waals surface area contributed by atoms with E-state index in [9.17, 15) is 4.79 Å². The van der Waals surface area contributed by atoms with Crippen LogP contribution in [0.2, 0.25) is 0 Å². The molecule has 2 N–H and O–H groups in total. The molecule has 0 bridgehead atoms. The number of carbonyl (C=O) groups excluding carboxylic acids is 1. The number of nitrogens with zero attached hydrogens (tertiary/aromatic N) is 1. The third kappa shape index (κ3) is 4.04. The van der Waals surface area contributed by atoms with Gasteiger partial charge in [0.15, 0.2) is 10.9 Å². The van der Waals surface area contributed by atoms with Gasteiger partial charge in [0.05, 0.1) is 24.5 Å². The van der Waals surface area contributed by atoms with Crippen LogP contribution in [0.3, 0.4) is 0 Å². The van der Waals surface area contributed by atoms with Crippen LogP contribution in [-0.4, -0.2) is 24.6 Å². The van der Waals surface area contributed by atoms with Crippen LogP contribution in [0.5, 0.6) is 5.75 Å². The minimum atomic E-state index is -0.327. The molecule has 1 unspecified atom stereocenters. The first-order valence-corrected chi connectivity index (χ1v) is 11.1. The highest BCUT2D eigenvalue weighted by atomic mass is 32.1. The Kier molecular flexibility index (Phi) is 5.75. The third-order valence-corrected chi connectivity index (χ3v) is 6.22. The number of allylic oxidation sites excluding steroid dienone is 1. The Morgan fingerprint density at radius 3 is 2.58 bits per heavy atom. The van der Waals surface area contributed by atoms with Crippen LogP contribution in [0.4, 0.5) is 11.4 Å². The van der Waals surface area contributed by atoms with Crippen molar-refractivity contribution in [3.63, 3.8) is 0 Å². The van der Waals surface area contributed by atoms with Gasteiger partial charge in [-0.2, -0.15) is 0 Å². The number of thiocarbonyl (C=S) groups is 1. The average molecular weight is 436 g/mol. The van der Waals surface area contributed by atoms with Gasteiger partial charge in [-0.3, -0.25) is 4.79 Å². The second-order valence-electron chi connectivity index (χ2n) is 8.86. The van der Waals surface area contributed by atoms with Crippen LogP contribution in [-0.2, 0) is 4.79 Å². The lowest BCUT2D eigenvalue weighted by molar-refractivity contribution is -0.118. The second kappa shape index (κ2) is 8.35. The van der Waals surface area contributed by atoms with Crippen LogP contribution in [0.25, 0.3) is 0 Å². The molecule has 0 saturated carbocycles. The number of benzene rings is 2. The van der Waals surface area contributed by atoms with Crippen molar-refractivity contribution in [3.8, 4) is 5.75 Å². The van der Waals surface area contributed by atoms with E-state index in [0.29, 0.717) is 18.1 Å². The lowest BCUT2D eigenvalue weighted by atomic mass is 9.73. The minimum Gasteiger partial charge on any atom is -0.497 e. The van der Waals surface area contributed by atoms with E-state index in [1.54, 1.807) is 7.11 Å². The molecule has 2 aromatic carbocycles. The van der Waals surface area contributed by atoms with E-state index < -0.39 is 0 Å². The summed E-state index contributed by atoms with van der Waals surface area (Å²) in [5.74, 6) is 0.943. The average Bonchev–Trinajstić information content (AvgIpc) is 2.87. The number of ketones is 1. The largest absolute Gasteiger partial charge is 0.497 e. The number of nitrogens with one attached hydrogen (secondary N) is 2. The van der Waals surface area contributed by atoms with Gasteiger partial charge in [-0.15, -0.1) is 0 Å². The molecule has 1 heterocycles. The lowest BCUT2D eigenvalue weighted by Crippen LogP contribution is -2.44. The molecule has 6 heteroatoms. The van der Waals surface area contributed by atoms with Gasteiger partial charge in [0.25, 0.3) is 0 Å². The predicted octanol–water partition coefficient (Wildman–Crippen LogP) is 5.21. The van der Waals surface area contributed by atoms with Crippen molar-refractivity contribution in [1.82, 2.24) is 5.32 Å². The molecule has 0 saturated heterocycles. The van der Waals surface area contributed by atoms with Crippen LogP contribution >= 0.6 is 12.2 Å². The summed E-state index contributed by atoms with van der Waals surface area (Å²) in [7, 11) is 1.65. The molecule has 1 aliphatic heterocycles. The summed E-state index contributed by atoms with van der Waals surface area (Å²) in [5, 5.41) is 7.51. The molecule has 0 radical (unpaired) electrons. The fraction of sp³-hybridized carbons (Fsp3) is 0.360. The van der Waals surface area contributed by atoms with Crippen molar-refractivity contribution in [2.75, 3.05) is 23.9 Å². The van der Waals surface area contributed by atoms with Gasteiger partial charge in [0, 0.05) is 24.2 Å². The first kappa shape index (κ1) is 21.4. The predicted molar refractivity (Wildman–Crippen MR) is 130 cm³/mol. The van der Waals surface area contributed by atoms with Gasteiger partial charge >= 0.3 is 0 Å². The maximum atomic E-state index is 13.6. The van der Waals surface area contributed by atoms with E-state index in [1.807, 2.05) is 49.4 Å². The maximum absolute atomic E-state index is 13.6. The Morgan fingerprint density at radius 1 is 1.19 bits per heavy atom. The van der Waals surface area contributed by atoms with Gasteiger partial charge in [0.2, 0.25) is 0 Å². The Hall–Kier alpha value is -2.86. The van der Waals surface area contributed by atoms with E-state index in [1.165, 1.54) is 0 Å². The molecule has 2 aliphatic rings. The van der Waals surface area contributed by atoms with Crippen LogP contribution in [0, 0.1) is 5.41 Å². The highest BCUT2D eigenvalue weighted by molar-refractivity contribution is 7.80. The first-order chi connectivity index (χ1) is 14.8. The Labute approximate surface area is 189 Å². The molecule has 162 valence electrons. The quantitative estimate of drug-likeness (QED) is 0.646. The highest BCUT2D eigenvalue weighted by Gasteiger charge is 2.42. The summed E-state index contributed by atoms with van der Waals surface area (Å²) >= 11 is 5.84. The van der Waals surface area contributed by atoms with Crippen LogP contribution in [0.1, 0.15) is 45.2 Å². The standard InChI is InChI=1S/C25H29N3O2S/c1-5-26-24(31)28-20-9-7-6-8-18(20)27-19-14-25(2,3)15-21(29)22(19)23(28)16-10-12-17(30-4)13-11-16/h6-13,23,27H,5,14-15H2,1-4H3,(H,26,31). The highest BCUT2D eigenvalue weighted by Crippen LogP contribution is 2.48. The summed E-state index contributed by atoms with van der Waals surface area (Å²) in [6, 6.07) is 15.7. The normalized spacial score (nSPS) is 19.7. The number of rotatable bonds is 3. The Morgan fingerprint density at radius 2 is 1.90 bits per heavy atom. The molecule has 31 heavy (non-hydrogen) atoms. The molecule has 2 aromatic rings. The summed E-state index contributed by atoms with van der Waals surface area (Å²) in [4.78, 5) is 15.7. The number of anilines is 2. The SMILES string of the molecule is CCNC(=S)N1c2ccccc2NC2=C(C(=O)CC(C)(C)C2)C1c1ccc(OC)cc1. The molecule has 0 aromatic heterocycles. The van der Waals surface area contributed by atoms with Crippen molar-refractivity contribution in [1.29, 1.82) is 0 Å². The molecular formula is C25H29N3O2S. The number of Topliss-reactive ketones (excluding diaryl/α,β-unsaturated/α-hetero) is 1. The fourth-order valence-corrected chi connectivity index (χ4v) is 4.90. The van der Waals surface area contributed by atoms with E-state index in [-0.39, 0.29) is 17.2 Å². The number of carbonyl (C=O) groups is 1. The first-order valence-electron chi connectivity index (χ1n) is 10.7. The van der Waals surface area contributed by atoms with Gasteiger partial charge in [-0.05, 0) is 60.8 Å².